The predicted octanol–water partition coefficient (Wildman–Crippen LogP) is 4.47. The summed E-state index contributed by atoms with van der Waals surface area (Å²) in [4.78, 5) is 21.5. The Bertz CT molecular complexity index is 1590. The normalized spacial score (nSPS) is 12.6. The maximum Gasteiger partial charge on any atom is 0.240 e. The quantitative estimate of drug-likeness (QED) is 0.259. The lowest BCUT2D eigenvalue weighted by atomic mass is 10.1. The Hall–Kier alpha value is -3.55. The van der Waals surface area contributed by atoms with Gasteiger partial charge in [0.1, 0.15) is 5.75 Å². The summed E-state index contributed by atoms with van der Waals surface area (Å²) in [6.07, 6.45) is 1.81. The van der Waals surface area contributed by atoms with Gasteiger partial charge < -0.3 is 15.4 Å². The molecule has 3 N–H and O–H groups in total. The van der Waals surface area contributed by atoms with Gasteiger partial charge in [0, 0.05) is 33.1 Å². The highest BCUT2D eigenvalue weighted by atomic mass is 127. The summed E-state index contributed by atoms with van der Waals surface area (Å²) in [6.45, 7) is 0.139. The minimum absolute atomic E-state index is 0.122. The van der Waals surface area contributed by atoms with E-state index in [2.05, 4.69) is 47.9 Å². The van der Waals surface area contributed by atoms with E-state index in [4.69, 9.17) is 4.74 Å². The number of halogens is 1. The second kappa shape index (κ2) is 10.4. The number of ether oxygens (including phenoxy) is 1. The molecule has 0 radical (unpaired) electrons. The molecule has 1 amide bonds. The van der Waals surface area contributed by atoms with Gasteiger partial charge in [0.05, 0.1) is 29.8 Å². The number of nitrogens with zero attached hydrogens (tertiary/aromatic N) is 2. The van der Waals surface area contributed by atoms with E-state index < -0.39 is 10.0 Å². The third kappa shape index (κ3) is 5.73. The van der Waals surface area contributed by atoms with E-state index in [1.54, 1.807) is 43.6 Å². The average molecular weight is 627 g/mol. The molecule has 0 spiro atoms. The summed E-state index contributed by atoms with van der Waals surface area (Å²) in [5, 5.41) is 6.04. The van der Waals surface area contributed by atoms with Crippen LogP contribution < -0.4 is 20.1 Å². The number of nitrogens with one attached hydrogen (secondary N) is 3. The average Bonchev–Trinajstić information content (AvgIpc) is 3.02. The van der Waals surface area contributed by atoms with Crippen molar-refractivity contribution in [2.24, 2.45) is 0 Å². The number of methoxy groups -OCH3 is 1. The third-order valence-corrected chi connectivity index (χ3v) is 7.84. The zero-order chi connectivity index (χ0) is 26.0. The minimum Gasteiger partial charge on any atom is -0.497 e. The van der Waals surface area contributed by atoms with Gasteiger partial charge in [0.2, 0.25) is 21.9 Å². The first kappa shape index (κ1) is 25.1. The van der Waals surface area contributed by atoms with E-state index in [0.29, 0.717) is 28.8 Å². The Morgan fingerprint density at radius 1 is 1.08 bits per heavy atom. The van der Waals surface area contributed by atoms with Crippen LogP contribution in [0.15, 0.2) is 77.8 Å². The van der Waals surface area contributed by atoms with E-state index in [1.807, 2.05) is 24.3 Å². The van der Waals surface area contributed by atoms with Crippen LogP contribution in [0.1, 0.15) is 11.1 Å². The first-order chi connectivity index (χ1) is 17.8. The van der Waals surface area contributed by atoms with Crippen LogP contribution in [-0.4, -0.2) is 31.4 Å². The molecule has 37 heavy (non-hydrogen) atoms. The van der Waals surface area contributed by atoms with Gasteiger partial charge in [-0.2, -0.15) is 0 Å². The number of hydrogen-bond acceptors (Lipinski definition) is 7. The molecule has 2 heterocycles. The van der Waals surface area contributed by atoms with Crippen molar-refractivity contribution in [2.45, 2.75) is 17.9 Å². The molecule has 0 unspecified atom stereocenters. The zero-order valence-corrected chi connectivity index (χ0v) is 22.6. The number of sulfonamides is 1. The fraction of sp³-hybridized carbons (Fsp3) is 0.115. The lowest BCUT2D eigenvalue weighted by Gasteiger charge is -2.11. The second-order valence-electron chi connectivity index (χ2n) is 8.31. The maximum absolute atomic E-state index is 12.8. The summed E-state index contributed by atoms with van der Waals surface area (Å²) in [5.41, 5.74) is 4.33. The van der Waals surface area contributed by atoms with Gasteiger partial charge in [-0.25, -0.2) is 23.1 Å². The topological polar surface area (TPSA) is 122 Å². The molecule has 188 valence electrons. The predicted molar refractivity (Wildman–Crippen MR) is 149 cm³/mol. The van der Waals surface area contributed by atoms with Crippen molar-refractivity contribution in [3.8, 4) is 17.0 Å². The number of aromatic nitrogens is 2. The molecule has 0 saturated heterocycles. The number of amides is 1. The summed E-state index contributed by atoms with van der Waals surface area (Å²) in [7, 11) is -2.15. The molecule has 0 atom stereocenters. The van der Waals surface area contributed by atoms with Crippen LogP contribution in [0.2, 0.25) is 0 Å². The highest BCUT2D eigenvalue weighted by molar-refractivity contribution is 14.1. The van der Waals surface area contributed by atoms with Crippen LogP contribution in [0.3, 0.4) is 0 Å². The van der Waals surface area contributed by atoms with Crippen molar-refractivity contribution in [3.05, 3.63) is 87.6 Å². The molecular weight excluding hydrogens is 605 g/mol. The third-order valence-electron chi connectivity index (χ3n) is 5.75. The lowest BCUT2D eigenvalue weighted by Crippen LogP contribution is -2.23. The molecule has 0 fully saturated rings. The van der Waals surface area contributed by atoms with Crippen molar-refractivity contribution in [2.75, 3.05) is 17.7 Å². The highest BCUT2D eigenvalue weighted by Gasteiger charge is 2.21. The number of benzene rings is 3. The molecule has 1 aliphatic rings. The number of carbonyl (C=O) groups excluding carboxylic acids is 1. The molecule has 9 nitrogen and oxygen atoms in total. The lowest BCUT2D eigenvalue weighted by molar-refractivity contribution is -0.115. The molecule has 0 aliphatic carbocycles. The monoisotopic (exact) mass is 627 g/mol. The molecule has 0 bridgehead atoms. The van der Waals surface area contributed by atoms with E-state index in [1.165, 1.54) is 12.1 Å². The second-order valence-corrected chi connectivity index (χ2v) is 11.3. The van der Waals surface area contributed by atoms with E-state index in [0.717, 1.165) is 20.3 Å². The number of rotatable bonds is 7. The van der Waals surface area contributed by atoms with Gasteiger partial charge in [0.15, 0.2) is 0 Å². The van der Waals surface area contributed by atoms with E-state index in [9.17, 15) is 13.2 Å². The first-order valence-corrected chi connectivity index (χ1v) is 13.8. The maximum atomic E-state index is 12.8. The number of carbonyl (C=O) groups is 1. The fourth-order valence-corrected chi connectivity index (χ4v) is 5.42. The van der Waals surface area contributed by atoms with Crippen LogP contribution in [-0.2, 0) is 27.8 Å². The van der Waals surface area contributed by atoms with Crippen LogP contribution in [0.4, 0.5) is 17.3 Å². The molecule has 0 saturated carbocycles. The largest absolute Gasteiger partial charge is 0.497 e. The number of anilines is 3. The summed E-state index contributed by atoms with van der Waals surface area (Å²) in [5.74, 6) is 0.876. The fourth-order valence-electron chi connectivity index (χ4n) is 3.91. The smallest absolute Gasteiger partial charge is 0.240 e. The molecular formula is C26H22IN5O4S. The van der Waals surface area contributed by atoms with Crippen LogP contribution in [0.25, 0.3) is 11.3 Å². The van der Waals surface area contributed by atoms with Crippen molar-refractivity contribution < 1.29 is 17.9 Å². The van der Waals surface area contributed by atoms with Crippen LogP contribution in [0.5, 0.6) is 5.75 Å². The van der Waals surface area contributed by atoms with E-state index >= 15 is 0 Å². The zero-order valence-electron chi connectivity index (χ0n) is 19.7. The van der Waals surface area contributed by atoms with Crippen molar-refractivity contribution in [1.29, 1.82) is 0 Å². The molecule has 5 rings (SSSR count). The SMILES string of the molecule is COc1cccc(CNS(=O)(=O)c2ccc(Nc3ncc4c(n3)-c3ccc(I)cc3NC(=O)C4)cc2)c1. The van der Waals surface area contributed by atoms with Crippen LogP contribution in [0, 0.1) is 3.57 Å². The first-order valence-electron chi connectivity index (χ1n) is 11.3. The van der Waals surface area contributed by atoms with Gasteiger partial charge in [0.25, 0.3) is 0 Å². The highest BCUT2D eigenvalue weighted by Crippen LogP contribution is 2.34. The molecule has 1 aliphatic heterocycles. The Morgan fingerprint density at radius 2 is 1.89 bits per heavy atom. The molecule has 1 aromatic heterocycles. The van der Waals surface area contributed by atoms with Gasteiger partial charge in [-0.05, 0) is 82.8 Å². The van der Waals surface area contributed by atoms with E-state index in [-0.39, 0.29) is 23.8 Å². The Balaban J connectivity index is 1.33. The standard InChI is InChI=1S/C26H22IN5O4S/c1-36-20-4-2-3-16(11-20)14-29-37(34,35)21-8-6-19(7-9-21)30-26-28-15-17-12-24(33)31-23-13-18(27)5-10-22(23)25(17)32-26/h2-11,13,15,29H,12,14H2,1H3,(H,31,33)(H,28,30,32). The van der Waals surface area contributed by atoms with Gasteiger partial charge in [-0.1, -0.05) is 12.1 Å². The van der Waals surface area contributed by atoms with Gasteiger partial charge >= 0.3 is 0 Å². The Morgan fingerprint density at radius 3 is 2.68 bits per heavy atom. The minimum atomic E-state index is -3.72. The van der Waals surface area contributed by atoms with Gasteiger partial charge in [-0.15, -0.1) is 0 Å². The Labute approximate surface area is 227 Å². The number of fused-ring (bicyclic) bond motifs is 3. The summed E-state index contributed by atoms with van der Waals surface area (Å²) >= 11 is 2.20. The van der Waals surface area contributed by atoms with Crippen molar-refractivity contribution >= 4 is 55.8 Å². The van der Waals surface area contributed by atoms with Crippen molar-refractivity contribution in [1.82, 2.24) is 14.7 Å². The molecule has 3 aromatic carbocycles. The van der Waals surface area contributed by atoms with Crippen LogP contribution >= 0.6 is 22.6 Å². The van der Waals surface area contributed by atoms with Gasteiger partial charge in [-0.3, -0.25) is 4.79 Å². The van der Waals surface area contributed by atoms with Crippen molar-refractivity contribution in [3.63, 3.8) is 0 Å². The molecule has 11 heteroatoms. The number of hydrogen-bond donors (Lipinski definition) is 3. The summed E-state index contributed by atoms with van der Waals surface area (Å²) in [6, 6.07) is 19.3. The summed E-state index contributed by atoms with van der Waals surface area (Å²) < 4.78 is 34.3. The Kier molecular flexibility index (Phi) is 7.09. The molecule has 4 aromatic rings.